The van der Waals surface area contributed by atoms with Crippen molar-refractivity contribution in [3.8, 4) is 0 Å². The summed E-state index contributed by atoms with van der Waals surface area (Å²) < 4.78 is 0. The van der Waals surface area contributed by atoms with Crippen molar-refractivity contribution in [2.24, 2.45) is 0 Å². The van der Waals surface area contributed by atoms with E-state index in [1.54, 1.807) is 42.5 Å². The van der Waals surface area contributed by atoms with Crippen LogP contribution in [0.1, 0.15) is 17.3 Å². The lowest BCUT2D eigenvalue weighted by Crippen LogP contribution is -2.12. The molecule has 4 N–H and O–H groups in total. The Kier molecular flexibility index (Phi) is 4.45. The monoisotopic (exact) mass is 303 g/mol. The van der Waals surface area contributed by atoms with Crippen molar-refractivity contribution in [2.45, 2.75) is 6.92 Å². The smallest absolute Gasteiger partial charge is 0.255 e. The fourth-order valence-electron chi connectivity index (χ4n) is 1.77. The molecule has 21 heavy (non-hydrogen) atoms. The number of halogens is 1. The summed E-state index contributed by atoms with van der Waals surface area (Å²) in [6.07, 6.45) is 0. The minimum atomic E-state index is -0.286. The van der Waals surface area contributed by atoms with Crippen LogP contribution in [-0.4, -0.2) is 11.8 Å². The van der Waals surface area contributed by atoms with Gasteiger partial charge in [-0.15, -0.1) is 0 Å². The van der Waals surface area contributed by atoms with Crippen LogP contribution in [0, 0.1) is 0 Å². The first-order valence-corrected chi connectivity index (χ1v) is 6.57. The molecule has 0 heterocycles. The molecule has 2 amide bonds. The average Bonchev–Trinajstić information content (AvgIpc) is 2.41. The first kappa shape index (κ1) is 14.9. The molecule has 0 saturated heterocycles. The predicted molar refractivity (Wildman–Crippen MR) is 84.6 cm³/mol. The van der Waals surface area contributed by atoms with Crippen molar-refractivity contribution in [3.05, 3.63) is 53.1 Å². The molecular formula is C15H14ClN3O2. The van der Waals surface area contributed by atoms with Crippen molar-refractivity contribution < 1.29 is 9.59 Å². The van der Waals surface area contributed by atoms with Crippen molar-refractivity contribution >= 4 is 40.5 Å². The highest BCUT2D eigenvalue weighted by Gasteiger charge is 2.08. The van der Waals surface area contributed by atoms with E-state index in [1.165, 1.54) is 6.92 Å². The van der Waals surface area contributed by atoms with Gasteiger partial charge in [-0.25, -0.2) is 0 Å². The number of hydrogen-bond donors (Lipinski definition) is 3. The van der Waals surface area contributed by atoms with Crippen molar-refractivity contribution in [1.29, 1.82) is 0 Å². The van der Waals surface area contributed by atoms with Gasteiger partial charge in [-0.3, -0.25) is 9.59 Å². The standard InChI is InChI=1S/C15H14ClN3O2/c1-9(20)18-14-6-5-12(8-13(14)16)19-15(21)10-3-2-4-11(17)7-10/h2-8H,17H2,1H3,(H,18,20)(H,19,21). The molecule has 5 nitrogen and oxygen atoms in total. The lowest BCUT2D eigenvalue weighted by Gasteiger charge is -2.09. The van der Waals surface area contributed by atoms with Crippen LogP contribution in [0.5, 0.6) is 0 Å². The van der Waals surface area contributed by atoms with E-state index in [4.69, 9.17) is 17.3 Å². The van der Waals surface area contributed by atoms with E-state index < -0.39 is 0 Å². The van der Waals surface area contributed by atoms with Crippen LogP contribution in [-0.2, 0) is 4.79 Å². The Hall–Kier alpha value is -2.53. The fraction of sp³-hybridized carbons (Fsp3) is 0.0667. The summed E-state index contributed by atoms with van der Waals surface area (Å²) in [5, 5.41) is 5.65. The number of nitrogens with two attached hydrogens (primary N) is 1. The molecule has 2 aromatic rings. The zero-order chi connectivity index (χ0) is 15.4. The van der Waals surface area contributed by atoms with Gasteiger partial charge in [0.1, 0.15) is 0 Å². The molecule has 0 atom stereocenters. The predicted octanol–water partition coefficient (Wildman–Crippen LogP) is 3.13. The van der Waals surface area contributed by atoms with Gasteiger partial charge in [0, 0.05) is 23.9 Å². The molecule has 0 radical (unpaired) electrons. The number of anilines is 3. The number of nitrogens with one attached hydrogen (secondary N) is 2. The van der Waals surface area contributed by atoms with Gasteiger partial charge in [-0.1, -0.05) is 17.7 Å². The van der Waals surface area contributed by atoms with Gasteiger partial charge in [0.25, 0.3) is 5.91 Å². The quantitative estimate of drug-likeness (QED) is 0.762. The zero-order valence-electron chi connectivity index (χ0n) is 11.3. The van der Waals surface area contributed by atoms with Crippen LogP contribution in [0.4, 0.5) is 17.1 Å². The van der Waals surface area contributed by atoms with Gasteiger partial charge >= 0.3 is 0 Å². The first-order valence-electron chi connectivity index (χ1n) is 6.20. The van der Waals surface area contributed by atoms with Crippen molar-refractivity contribution in [2.75, 3.05) is 16.4 Å². The Labute approximate surface area is 127 Å². The highest BCUT2D eigenvalue weighted by molar-refractivity contribution is 6.34. The van der Waals surface area contributed by atoms with E-state index in [0.717, 1.165) is 0 Å². The number of carbonyl (C=O) groups is 2. The molecule has 2 rings (SSSR count). The van der Waals surface area contributed by atoms with E-state index in [0.29, 0.717) is 27.6 Å². The summed E-state index contributed by atoms with van der Waals surface area (Å²) in [5.41, 5.74) is 7.63. The third kappa shape index (κ3) is 3.97. The lowest BCUT2D eigenvalue weighted by molar-refractivity contribution is -0.114. The second-order valence-electron chi connectivity index (χ2n) is 4.46. The summed E-state index contributed by atoms with van der Waals surface area (Å²) in [4.78, 5) is 23.1. The SMILES string of the molecule is CC(=O)Nc1ccc(NC(=O)c2cccc(N)c2)cc1Cl. The Morgan fingerprint density at radius 3 is 2.48 bits per heavy atom. The van der Waals surface area contributed by atoms with Gasteiger partial charge < -0.3 is 16.4 Å². The Bertz CT molecular complexity index is 701. The number of hydrogen-bond acceptors (Lipinski definition) is 3. The second kappa shape index (κ2) is 6.28. The minimum absolute atomic E-state index is 0.214. The Morgan fingerprint density at radius 1 is 1.10 bits per heavy atom. The fourth-order valence-corrected chi connectivity index (χ4v) is 1.99. The molecule has 0 bridgehead atoms. The molecule has 108 valence electrons. The van der Waals surface area contributed by atoms with Crippen molar-refractivity contribution in [1.82, 2.24) is 0 Å². The number of amides is 2. The van der Waals surface area contributed by atoms with Crippen LogP contribution in [0.25, 0.3) is 0 Å². The molecule has 0 aromatic heterocycles. The van der Waals surface area contributed by atoms with E-state index in [1.807, 2.05) is 0 Å². The number of carbonyl (C=O) groups excluding carboxylic acids is 2. The molecule has 0 unspecified atom stereocenters. The van der Waals surface area contributed by atoms with Gasteiger partial charge in [-0.05, 0) is 36.4 Å². The maximum absolute atomic E-state index is 12.1. The maximum atomic E-state index is 12.1. The molecule has 2 aromatic carbocycles. The Balaban J connectivity index is 2.15. The third-order valence-electron chi connectivity index (χ3n) is 2.69. The average molecular weight is 304 g/mol. The molecule has 6 heteroatoms. The normalized spacial score (nSPS) is 10.0. The molecule has 0 fully saturated rings. The summed E-state index contributed by atoms with van der Waals surface area (Å²) in [6.45, 7) is 1.39. The van der Waals surface area contributed by atoms with Crippen molar-refractivity contribution in [3.63, 3.8) is 0 Å². The van der Waals surface area contributed by atoms with Crippen LogP contribution in [0.3, 0.4) is 0 Å². The summed E-state index contributed by atoms with van der Waals surface area (Å²) in [7, 11) is 0. The van der Waals surface area contributed by atoms with Gasteiger partial charge in [0.2, 0.25) is 5.91 Å². The lowest BCUT2D eigenvalue weighted by atomic mass is 10.2. The summed E-state index contributed by atoms with van der Waals surface area (Å²) in [5.74, 6) is -0.501. The van der Waals surface area contributed by atoms with Crippen LogP contribution in [0.2, 0.25) is 5.02 Å². The van der Waals surface area contributed by atoms with Gasteiger partial charge in [0.15, 0.2) is 0 Å². The molecule has 0 aliphatic rings. The third-order valence-corrected chi connectivity index (χ3v) is 3.00. The Morgan fingerprint density at radius 2 is 1.86 bits per heavy atom. The van der Waals surface area contributed by atoms with E-state index in [-0.39, 0.29) is 11.8 Å². The van der Waals surface area contributed by atoms with Crippen LogP contribution in [0.15, 0.2) is 42.5 Å². The topological polar surface area (TPSA) is 84.2 Å². The first-order chi connectivity index (χ1) is 9.95. The van der Waals surface area contributed by atoms with Gasteiger partial charge in [0.05, 0.1) is 10.7 Å². The molecule has 0 aliphatic heterocycles. The number of benzene rings is 2. The highest BCUT2D eigenvalue weighted by atomic mass is 35.5. The maximum Gasteiger partial charge on any atom is 0.255 e. The largest absolute Gasteiger partial charge is 0.399 e. The number of rotatable bonds is 3. The van der Waals surface area contributed by atoms with Crippen LogP contribution < -0.4 is 16.4 Å². The zero-order valence-corrected chi connectivity index (χ0v) is 12.1. The molecule has 0 saturated carbocycles. The molecule has 0 spiro atoms. The second-order valence-corrected chi connectivity index (χ2v) is 4.86. The van der Waals surface area contributed by atoms with E-state index in [9.17, 15) is 9.59 Å². The van der Waals surface area contributed by atoms with Crippen LogP contribution >= 0.6 is 11.6 Å². The van der Waals surface area contributed by atoms with E-state index in [2.05, 4.69) is 10.6 Å². The summed E-state index contributed by atoms with van der Waals surface area (Å²) >= 11 is 6.04. The molecule has 0 aliphatic carbocycles. The highest BCUT2D eigenvalue weighted by Crippen LogP contribution is 2.25. The minimum Gasteiger partial charge on any atom is -0.399 e. The summed E-state index contributed by atoms with van der Waals surface area (Å²) in [6, 6.07) is 11.5. The number of nitrogen functional groups attached to an aromatic ring is 1. The van der Waals surface area contributed by atoms with Gasteiger partial charge in [-0.2, -0.15) is 0 Å². The van der Waals surface area contributed by atoms with E-state index >= 15 is 0 Å². The molecular weight excluding hydrogens is 290 g/mol.